The molecule has 2 saturated heterocycles. The molecular formula is C14H26N2O2. The standard InChI is InChI=1S/C14H26N2O2/c17-11-13-6-2-1-3-8-16(13)14(18)9-12-5-4-7-15-10-12/h12-13,15,17H,1-11H2. The zero-order chi connectivity index (χ0) is 12.8. The van der Waals surface area contributed by atoms with Crippen molar-refractivity contribution in [2.24, 2.45) is 5.92 Å². The molecule has 0 radical (unpaired) electrons. The zero-order valence-electron chi connectivity index (χ0n) is 11.2. The van der Waals surface area contributed by atoms with E-state index in [0.29, 0.717) is 12.3 Å². The van der Waals surface area contributed by atoms with Crippen molar-refractivity contribution in [2.75, 3.05) is 26.2 Å². The number of carbonyl (C=O) groups is 1. The SMILES string of the molecule is O=C(CC1CCCNC1)N1CCCCCC1CO. The number of rotatable bonds is 3. The molecular weight excluding hydrogens is 228 g/mol. The van der Waals surface area contributed by atoms with E-state index in [9.17, 15) is 9.90 Å². The van der Waals surface area contributed by atoms with Crippen molar-refractivity contribution in [1.29, 1.82) is 0 Å². The molecule has 104 valence electrons. The third kappa shape index (κ3) is 3.69. The Morgan fingerprint density at radius 3 is 2.83 bits per heavy atom. The number of hydrogen-bond acceptors (Lipinski definition) is 3. The Morgan fingerprint density at radius 1 is 1.22 bits per heavy atom. The lowest BCUT2D eigenvalue weighted by Gasteiger charge is -2.31. The highest BCUT2D eigenvalue weighted by Crippen LogP contribution is 2.21. The normalized spacial score (nSPS) is 29.9. The first-order chi connectivity index (χ1) is 8.81. The van der Waals surface area contributed by atoms with Gasteiger partial charge in [-0.3, -0.25) is 4.79 Å². The topological polar surface area (TPSA) is 52.6 Å². The van der Waals surface area contributed by atoms with Gasteiger partial charge in [0, 0.05) is 13.0 Å². The van der Waals surface area contributed by atoms with Gasteiger partial charge in [-0.25, -0.2) is 0 Å². The average Bonchev–Trinajstić information content (AvgIpc) is 2.64. The van der Waals surface area contributed by atoms with Gasteiger partial charge in [-0.2, -0.15) is 0 Å². The van der Waals surface area contributed by atoms with E-state index in [0.717, 1.165) is 45.3 Å². The van der Waals surface area contributed by atoms with Gasteiger partial charge in [0.15, 0.2) is 0 Å². The van der Waals surface area contributed by atoms with E-state index in [-0.39, 0.29) is 18.6 Å². The number of amides is 1. The second-order valence-electron chi connectivity index (χ2n) is 5.69. The number of likely N-dealkylation sites (tertiary alicyclic amines) is 1. The number of aliphatic hydroxyl groups excluding tert-OH is 1. The molecule has 18 heavy (non-hydrogen) atoms. The first-order valence-electron chi connectivity index (χ1n) is 7.42. The van der Waals surface area contributed by atoms with Crippen molar-refractivity contribution in [1.82, 2.24) is 10.2 Å². The van der Waals surface area contributed by atoms with Crippen molar-refractivity contribution in [3.63, 3.8) is 0 Å². The molecule has 4 heteroatoms. The predicted octanol–water partition coefficient (Wildman–Crippen LogP) is 1.14. The van der Waals surface area contributed by atoms with Gasteiger partial charge in [-0.05, 0) is 44.7 Å². The lowest BCUT2D eigenvalue weighted by Crippen LogP contribution is -2.44. The largest absolute Gasteiger partial charge is 0.394 e. The fourth-order valence-electron chi connectivity index (χ4n) is 3.16. The zero-order valence-corrected chi connectivity index (χ0v) is 11.2. The summed E-state index contributed by atoms with van der Waals surface area (Å²) in [5.41, 5.74) is 0. The van der Waals surface area contributed by atoms with Crippen LogP contribution in [0.25, 0.3) is 0 Å². The second kappa shape index (κ2) is 7.10. The lowest BCUT2D eigenvalue weighted by atomic mass is 9.95. The van der Waals surface area contributed by atoms with Gasteiger partial charge in [0.2, 0.25) is 5.91 Å². The Morgan fingerprint density at radius 2 is 2.11 bits per heavy atom. The summed E-state index contributed by atoms with van der Waals surface area (Å²) < 4.78 is 0. The number of nitrogens with one attached hydrogen (secondary N) is 1. The molecule has 2 unspecified atom stereocenters. The molecule has 2 atom stereocenters. The van der Waals surface area contributed by atoms with Gasteiger partial charge in [-0.15, -0.1) is 0 Å². The fourth-order valence-corrected chi connectivity index (χ4v) is 3.16. The number of piperidine rings is 1. The van der Waals surface area contributed by atoms with E-state index < -0.39 is 0 Å². The van der Waals surface area contributed by atoms with Crippen LogP contribution in [0.5, 0.6) is 0 Å². The summed E-state index contributed by atoms with van der Waals surface area (Å²) in [5, 5.41) is 12.8. The van der Waals surface area contributed by atoms with Crippen molar-refractivity contribution < 1.29 is 9.90 Å². The van der Waals surface area contributed by atoms with Crippen LogP contribution >= 0.6 is 0 Å². The number of carbonyl (C=O) groups excluding carboxylic acids is 1. The molecule has 0 aliphatic carbocycles. The molecule has 2 heterocycles. The van der Waals surface area contributed by atoms with E-state index in [4.69, 9.17) is 0 Å². The van der Waals surface area contributed by atoms with Crippen LogP contribution in [0.1, 0.15) is 44.9 Å². The molecule has 2 rings (SSSR count). The smallest absolute Gasteiger partial charge is 0.223 e. The molecule has 0 saturated carbocycles. The van der Waals surface area contributed by atoms with Crippen molar-refractivity contribution >= 4 is 5.91 Å². The fraction of sp³-hybridized carbons (Fsp3) is 0.929. The molecule has 0 aromatic heterocycles. The van der Waals surface area contributed by atoms with Crippen LogP contribution < -0.4 is 5.32 Å². The van der Waals surface area contributed by atoms with E-state index in [1.54, 1.807) is 0 Å². The first-order valence-corrected chi connectivity index (χ1v) is 7.42. The Labute approximate surface area is 110 Å². The molecule has 2 N–H and O–H groups in total. The maximum Gasteiger partial charge on any atom is 0.223 e. The summed E-state index contributed by atoms with van der Waals surface area (Å²) in [5.74, 6) is 0.749. The summed E-state index contributed by atoms with van der Waals surface area (Å²) in [4.78, 5) is 14.3. The quantitative estimate of drug-likeness (QED) is 0.794. The predicted molar refractivity (Wildman–Crippen MR) is 71.3 cm³/mol. The molecule has 2 aliphatic rings. The molecule has 0 aromatic carbocycles. The first kappa shape index (κ1) is 13.8. The Hall–Kier alpha value is -0.610. The van der Waals surface area contributed by atoms with Gasteiger partial charge in [0.25, 0.3) is 0 Å². The van der Waals surface area contributed by atoms with Crippen LogP contribution in [-0.4, -0.2) is 48.2 Å². The van der Waals surface area contributed by atoms with Crippen LogP contribution in [-0.2, 0) is 4.79 Å². The van der Waals surface area contributed by atoms with Gasteiger partial charge < -0.3 is 15.3 Å². The van der Waals surface area contributed by atoms with E-state index in [1.165, 1.54) is 12.8 Å². The van der Waals surface area contributed by atoms with E-state index >= 15 is 0 Å². The third-order valence-corrected chi connectivity index (χ3v) is 4.27. The molecule has 1 amide bonds. The molecule has 2 fully saturated rings. The highest BCUT2D eigenvalue weighted by atomic mass is 16.3. The molecule has 2 aliphatic heterocycles. The van der Waals surface area contributed by atoms with Crippen LogP contribution in [0.3, 0.4) is 0 Å². The maximum atomic E-state index is 12.4. The minimum atomic E-state index is 0.0662. The minimum Gasteiger partial charge on any atom is -0.394 e. The van der Waals surface area contributed by atoms with Crippen LogP contribution in [0.4, 0.5) is 0 Å². The number of hydrogen-bond donors (Lipinski definition) is 2. The Kier molecular flexibility index (Phi) is 5.45. The summed E-state index contributed by atoms with van der Waals surface area (Å²) in [6, 6.07) is 0.0662. The summed E-state index contributed by atoms with van der Waals surface area (Å²) in [7, 11) is 0. The number of aliphatic hydroxyl groups is 1. The van der Waals surface area contributed by atoms with Crippen molar-refractivity contribution in [2.45, 2.75) is 51.0 Å². The van der Waals surface area contributed by atoms with Crippen molar-refractivity contribution in [3.8, 4) is 0 Å². The Bertz CT molecular complexity index is 265. The van der Waals surface area contributed by atoms with E-state index in [2.05, 4.69) is 5.32 Å². The van der Waals surface area contributed by atoms with E-state index in [1.807, 2.05) is 4.90 Å². The average molecular weight is 254 g/mol. The molecule has 0 spiro atoms. The van der Waals surface area contributed by atoms with Crippen LogP contribution in [0, 0.1) is 5.92 Å². The summed E-state index contributed by atoms with van der Waals surface area (Å²) in [6.45, 7) is 3.02. The van der Waals surface area contributed by atoms with Gasteiger partial charge in [0.1, 0.15) is 0 Å². The molecule has 0 bridgehead atoms. The summed E-state index contributed by atoms with van der Waals surface area (Å²) in [6.07, 6.45) is 7.38. The van der Waals surface area contributed by atoms with Crippen LogP contribution in [0.15, 0.2) is 0 Å². The summed E-state index contributed by atoms with van der Waals surface area (Å²) >= 11 is 0. The Balaban J connectivity index is 1.88. The maximum absolute atomic E-state index is 12.4. The third-order valence-electron chi connectivity index (χ3n) is 4.27. The molecule has 4 nitrogen and oxygen atoms in total. The monoisotopic (exact) mass is 254 g/mol. The van der Waals surface area contributed by atoms with Gasteiger partial charge in [0.05, 0.1) is 12.6 Å². The van der Waals surface area contributed by atoms with Crippen molar-refractivity contribution in [3.05, 3.63) is 0 Å². The lowest BCUT2D eigenvalue weighted by molar-refractivity contribution is -0.135. The number of nitrogens with zero attached hydrogens (tertiary/aromatic N) is 1. The molecule has 0 aromatic rings. The highest BCUT2D eigenvalue weighted by Gasteiger charge is 2.27. The van der Waals surface area contributed by atoms with Gasteiger partial charge >= 0.3 is 0 Å². The van der Waals surface area contributed by atoms with Gasteiger partial charge in [-0.1, -0.05) is 12.8 Å². The minimum absolute atomic E-state index is 0.0662. The second-order valence-corrected chi connectivity index (χ2v) is 5.69. The van der Waals surface area contributed by atoms with Crippen LogP contribution in [0.2, 0.25) is 0 Å². The highest BCUT2D eigenvalue weighted by molar-refractivity contribution is 5.76.